The van der Waals surface area contributed by atoms with E-state index >= 15 is 4.79 Å². The number of urea groups is 1. The summed E-state index contributed by atoms with van der Waals surface area (Å²) in [5, 5.41) is 1.21. The van der Waals surface area contributed by atoms with Gasteiger partial charge in [-0.05, 0) is 87.4 Å². The Balaban J connectivity index is 1.38. The van der Waals surface area contributed by atoms with Gasteiger partial charge in [0.2, 0.25) is 5.91 Å². The Morgan fingerprint density at radius 2 is 1.51 bits per heavy atom. The van der Waals surface area contributed by atoms with Crippen molar-refractivity contribution < 1.29 is 14.3 Å². The maximum Gasteiger partial charge on any atom is 0.326 e. The minimum absolute atomic E-state index is 0.0303. The van der Waals surface area contributed by atoms with E-state index in [4.69, 9.17) is 37.9 Å². The summed E-state index contributed by atoms with van der Waals surface area (Å²) in [6.45, 7) is 15.9. The van der Waals surface area contributed by atoms with Crippen LogP contribution in [0.3, 0.4) is 0 Å². The number of carbonyl (C=O) groups is 2. The first kappa shape index (κ1) is 40.3. The summed E-state index contributed by atoms with van der Waals surface area (Å²) >= 11 is 12.9. The topological polar surface area (TPSA) is 78.3 Å². The van der Waals surface area contributed by atoms with Gasteiger partial charge in [-0.3, -0.25) is 19.7 Å². The number of amidine groups is 1. The molecular formula is C45H53Cl2N5O3. The van der Waals surface area contributed by atoms with Crippen molar-refractivity contribution >= 4 is 41.0 Å². The van der Waals surface area contributed by atoms with Gasteiger partial charge in [-0.2, -0.15) is 0 Å². The fourth-order valence-electron chi connectivity index (χ4n) is 7.89. The van der Waals surface area contributed by atoms with Gasteiger partial charge in [0.25, 0.3) is 0 Å². The number of piperidine rings is 1. The molecule has 2 aliphatic heterocycles. The first-order chi connectivity index (χ1) is 26.1. The molecule has 0 spiro atoms. The van der Waals surface area contributed by atoms with Crippen molar-refractivity contribution in [1.82, 2.24) is 19.7 Å². The Morgan fingerprint density at radius 1 is 0.927 bits per heavy atom. The first-order valence-corrected chi connectivity index (χ1v) is 20.0. The fraction of sp³-hybridized carbons (Fsp3) is 0.422. The van der Waals surface area contributed by atoms with Crippen molar-refractivity contribution in [3.05, 3.63) is 129 Å². The minimum atomic E-state index is -1.03. The van der Waals surface area contributed by atoms with Gasteiger partial charge in [-0.15, -0.1) is 0 Å². The summed E-state index contributed by atoms with van der Waals surface area (Å²) in [4.78, 5) is 44.9. The van der Waals surface area contributed by atoms with E-state index in [-0.39, 0.29) is 29.3 Å². The molecule has 0 radical (unpaired) electrons. The van der Waals surface area contributed by atoms with E-state index < -0.39 is 11.1 Å². The minimum Gasteiger partial charge on any atom is -0.493 e. The highest BCUT2D eigenvalue weighted by atomic mass is 35.5. The predicted octanol–water partition coefficient (Wildman–Crippen LogP) is 10.4. The molecule has 2 aliphatic rings. The van der Waals surface area contributed by atoms with E-state index in [0.29, 0.717) is 66.2 Å². The SMILES string of the molecule is CCOc1cc(C(C)(C)C)ncc1C1=N[C@@](C)(c2ccc(Cl)cc2)[C@@](C)(c2ccc(Cl)cc2)N1C(=O)N1CCC(CC(=O)N(C)[C@@H](C)c2ccccc2)CC1. The monoisotopic (exact) mass is 781 g/mol. The van der Waals surface area contributed by atoms with E-state index in [9.17, 15) is 4.79 Å². The Morgan fingerprint density at radius 3 is 2.07 bits per heavy atom. The zero-order valence-electron chi connectivity index (χ0n) is 33.3. The average Bonchev–Trinajstić information content (AvgIpc) is 3.42. The molecule has 0 N–H and O–H groups in total. The number of hydrogen-bond acceptors (Lipinski definition) is 5. The zero-order chi connectivity index (χ0) is 39.7. The predicted molar refractivity (Wildman–Crippen MR) is 222 cm³/mol. The van der Waals surface area contributed by atoms with Crippen LogP contribution in [0.1, 0.15) is 102 Å². The van der Waals surface area contributed by atoms with Crippen LogP contribution in [0.4, 0.5) is 4.79 Å². The van der Waals surface area contributed by atoms with Crippen LogP contribution in [0.15, 0.2) is 96.1 Å². The van der Waals surface area contributed by atoms with Crippen molar-refractivity contribution in [2.24, 2.45) is 10.9 Å². The number of pyridine rings is 1. The maximum atomic E-state index is 15.4. The van der Waals surface area contributed by atoms with Crippen molar-refractivity contribution in [2.75, 3.05) is 26.7 Å². The van der Waals surface area contributed by atoms with Crippen LogP contribution in [0, 0.1) is 5.92 Å². The van der Waals surface area contributed by atoms with Crippen LogP contribution in [0.5, 0.6) is 5.75 Å². The molecule has 0 bridgehead atoms. The average molecular weight is 783 g/mol. The number of benzene rings is 3. The van der Waals surface area contributed by atoms with Gasteiger partial charge in [-0.25, -0.2) is 4.79 Å². The number of aromatic nitrogens is 1. The van der Waals surface area contributed by atoms with Gasteiger partial charge in [0, 0.05) is 60.0 Å². The van der Waals surface area contributed by atoms with Crippen LogP contribution in [0.25, 0.3) is 0 Å². The molecule has 8 nitrogen and oxygen atoms in total. The standard InChI is InChI=1S/C45H53Cl2N5O3/c1-9-55-38-28-39(43(3,4)5)48-29-37(38)41-49-44(6,33-15-19-35(46)20-16-33)45(7,34-17-21-36(47)22-18-34)52(41)42(54)51-25-23-31(24-26-51)27-40(53)50(8)30(2)32-13-11-10-12-14-32/h10-22,28-31H,9,23-27H2,1-8H3/t30-,44-,45+/m0/s1. The van der Waals surface area contributed by atoms with Crippen molar-refractivity contribution in [2.45, 2.75) is 90.3 Å². The number of rotatable bonds is 9. The largest absolute Gasteiger partial charge is 0.493 e. The number of amides is 3. The molecule has 3 aromatic carbocycles. The number of aliphatic imine (C=N–C) groups is 1. The summed E-state index contributed by atoms with van der Waals surface area (Å²) in [6, 6.07) is 27.2. The zero-order valence-corrected chi connectivity index (χ0v) is 34.8. The molecule has 1 fully saturated rings. The smallest absolute Gasteiger partial charge is 0.326 e. The summed E-state index contributed by atoms with van der Waals surface area (Å²) < 4.78 is 6.31. The third-order valence-corrected chi connectivity index (χ3v) is 12.2. The molecule has 0 saturated carbocycles. The summed E-state index contributed by atoms with van der Waals surface area (Å²) in [5.41, 5.74) is 2.13. The molecule has 10 heteroatoms. The molecule has 1 aromatic heterocycles. The second kappa shape index (κ2) is 16.0. The number of hydrogen-bond donors (Lipinski definition) is 0. The third-order valence-electron chi connectivity index (χ3n) is 11.7. The number of nitrogens with zero attached hydrogens (tertiary/aromatic N) is 5. The number of carbonyl (C=O) groups excluding carboxylic acids is 2. The molecule has 1 saturated heterocycles. The van der Waals surface area contributed by atoms with Crippen molar-refractivity contribution in [1.29, 1.82) is 0 Å². The van der Waals surface area contributed by atoms with E-state index in [1.165, 1.54) is 0 Å². The van der Waals surface area contributed by atoms with Crippen LogP contribution >= 0.6 is 23.2 Å². The van der Waals surface area contributed by atoms with Crippen molar-refractivity contribution in [3.8, 4) is 5.75 Å². The molecule has 290 valence electrons. The normalized spacial score (nSPS) is 20.9. The second-order valence-electron chi connectivity index (χ2n) is 16.2. The molecule has 0 aliphatic carbocycles. The third kappa shape index (κ3) is 7.86. The van der Waals surface area contributed by atoms with E-state index in [0.717, 1.165) is 22.4 Å². The van der Waals surface area contributed by atoms with Crippen LogP contribution < -0.4 is 4.74 Å². The highest BCUT2D eigenvalue weighted by Crippen LogP contribution is 2.54. The van der Waals surface area contributed by atoms with Gasteiger partial charge < -0.3 is 14.5 Å². The molecule has 3 heterocycles. The lowest BCUT2D eigenvalue weighted by molar-refractivity contribution is -0.133. The molecule has 0 unspecified atom stereocenters. The van der Waals surface area contributed by atoms with Crippen LogP contribution in [-0.2, 0) is 21.3 Å². The van der Waals surface area contributed by atoms with Gasteiger partial charge in [-0.1, -0.05) is 98.6 Å². The maximum absolute atomic E-state index is 15.4. The van der Waals surface area contributed by atoms with Crippen LogP contribution in [0.2, 0.25) is 10.0 Å². The fourth-order valence-corrected chi connectivity index (χ4v) is 8.14. The lowest BCUT2D eigenvalue weighted by Crippen LogP contribution is -2.59. The van der Waals surface area contributed by atoms with Gasteiger partial charge in [0.05, 0.1) is 18.2 Å². The second-order valence-corrected chi connectivity index (χ2v) is 17.1. The highest BCUT2D eigenvalue weighted by Gasteiger charge is 2.60. The van der Waals surface area contributed by atoms with E-state index in [2.05, 4.69) is 53.7 Å². The van der Waals surface area contributed by atoms with Crippen LogP contribution in [-0.4, -0.2) is 64.2 Å². The highest BCUT2D eigenvalue weighted by molar-refractivity contribution is 6.30. The Hall–Kier alpha value is -4.40. The molecule has 6 rings (SSSR count). The lowest BCUT2D eigenvalue weighted by Gasteiger charge is -2.47. The Labute approximate surface area is 336 Å². The first-order valence-electron chi connectivity index (χ1n) is 19.2. The number of ether oxygens (including phenoxy) is 1. The van der Waals surface area contributed by atoms with Gasteiger partial charge >= 0.3 is 6.03 Å². The van der Waals surface area contributed by atoms with E-state index in [1.54, 1.807) is 6.20 Å². The lowest BCUT2D eigenvalue weighted by atomic mass is 9.71. The quantitative estimate of drug-likeness (QED) is 0.169. The van der Waals surface area contributed by atoms with E-state index in [1.807, 2.05) is 101 Å². The van der Waals surface area contributed by atoms with Gasteiger partial charge in [0.15, 0.2) is 0 Å². The number of halogens is 2. The Kier molecular flexibility index (Phi) is 11.7. The molecule has 4 aromatic rings. The molecular weight excluding hydrogens is 729 g/mol. The molecule has 55 heavy (non-hydrogen) atoms. The van der Waals surface area contributed by atoms with Gasteiger partial charge in [0.1, 0.15) is 22.7 Å². The number of likely N-dealkylation sites (tertiary alicyclic amines) is 1. The summed E-state index contributed by atoms with van der Waals surface area (Å²) in [5.74, 6) is 1.36. The van der Waals surface area contributed by atoms with Crippen molar-refractivity contribution in [3.63, 3.8) is 0 Å². The molecule has 3 atom stereocenters. The summed E-state index contributed by atoms with van der Waals surface area (Å²) in [7, 11) is 1.88. The molecule has 3 amide bonds. The Bertz CT molecular complexity index is 2020. The summed E-state index contributed by atoms with van der Waals surface area (Å²) in [6.07, 6.45) is 3.66.